The van der Waals surface area contributed by atoms with Gasteiger partial charge in [-0.15, -0.1) is 0 Å². The topological polar surface area (TPSA) is 125 Å². The average Bonchev–Trinajstić information content (AvgIpc) is 2.14. The number of nitrogens with two attached hydrogens (primary N) is 3. The van der Waals surface area contributed by atoms with Crippen molar-refractivity contribution in [2.45, 2.75) is 18.2 Å². The molecular formula is C9H14N4O2S. The SMILES string of the molecule is CCc1cc(N=C(N)N)ccc1S(N)(=O)=O. The summed E-state index contributed by atoms with van der Waals surface area (Å²) in [7, 11) is -3.70. The van der Waals surface area contributed by atoms with E-state index in [0.29, 0.717) is 17.7 Å². The number of benzene rings is 1. The standard InChI is InChI=1S/C9H14N4O2S/c1-2-6-5-7(13-9(10)11)3-4-8(6)16(12,14)15/h3-5H,2H2,1H3,(H4,10,11,13)(H2,12,14,15). The number of sulfonamides is 1. The molecule has 0 fully saturated rings. The number of aliphatic imine (C=N–C) groups is 1. The molecule has 6 nitrogen and oxygen atoms in total. The summed E-state index contributed by atoms with van der Waals surface area (Å²) in [6, 6.07) is 4.49. The van der Waals surface area contributed by atoms with Crippen LogP contribution in [0.25, 0.3) is 0 Å². The first-order chi connectivity index (χ1) is 7.34. The van der Waals surface area contributed by atoms with Crippen LogP contribution >= 0.6 is 0 Å². The van der Waals surface area contributed by atoms with Gasteiger partial charge in [0.15, 0.2) is 5.96 Å². The summed E-state index contributed by atoms with van der Waals surface area (Å²) in [6.07, 6.45) is 0.527. The molecule has 0 atom stereocenters. The van der Waals surface area contributed by atoms with Crippen LogP contribution in [-0.4, -0.2) is 14.4 Å². The second-order valence-electron chi connectivity index (χ2n) is 3.23. The lowest BCUT2D eigenvalue weighted by Gasteiger charge is -2.06. The van der Waals surface area contributed by atoms with Crippen LogP contribution in [0.1, 0.15) is 12.5 Å². The number of rotatable bonds is 3. The molecule has 6 N–H and O–H groups in total. The smallest absolute Gasteiger partial charge is 0.238 e. The van der Waals surface area contributed by atoms with E-state index in [4.69, 9.17) is 16.6 Å². The van der Waals surface area contributed by atoms with Crippen molar-refractivity contribution >= 4 is 21.7 Å². The van der Waals surface area contributed by atoms with Gasteiger partial charge in [-0.1, -0.05) is 6.92 Å². The van der Waals surface area contributed by atoms with E-state index in [1.165, 1.54) is 12.1 Å². The zero-order chi connectivity index (χ0) is 12.3. The highest BCUT2D eigenvalue weighted by Gasteiger charge is 2.12. The van der Waals surface area contributed by atoms with E-state index in [9.17, 15) is 8.42 Å². The van der Waals surface area contributed by atoms with Crippen LogP contribution in [0.15, 0.2) is 28.1 Å². The van der Waals surface area contributed by atoms with Crippen LogP contribution in [0.2, 0.25) is 0 Å². The summed E-state index contributed by atoms with van der Waals surface area (Å²) in [5.74, 6) is -0.0783. The van der Waals surface area contributed by atoms with Crippen LogP contribution < -0.4 is 16.6 Å². The maximum absolute atomic E-state index is 11.2. The van der Waals surface area contributed by atoms with Gasteiger partial charge in [-0.2, -0.15) is 0 Å². The summed E-state index contributed by atoms with van der Waals surface area (Å²) in [4.78, 5) is 3.93. The third kappa shape index (κ3) is 2.94. The molecule has 0 amide bonds. The number of hydrogen-bond acceptors (Lipinski definition) is 3. The molecule has 0 unspecified atom stereocenters. The summed E-state index contributed by atoms with van der Waals surface area (Å²) in [6.45, 7) is 1.82. The molecule has 1 aromatic rings. The predicted molar refractivity (Wildman–Crippen MR) is 62.7 cm³/mol. The average molecular weight is 242 g/mol. The van der Waals surface area contributed by atoms with E-state index in [1.807, 2.05) is 6.92 Å². The highest BCUT2D eigenvalue weighted by molar-refractivity contribution is 7.89. The Bertz CT molecular complexity index is 518. The first-order valence-electron chi connectivity index (χ1n) is 4.60. The molecule has 1 rings (SSSR count). The highest BCUT2D eigenvalue weighted by atomic mass is 32.2. The Morgan fingerprint density at radius 2 is 2.00 bits per heavy atom. The fraction of sp³-hybridized carbons (Fsp3) is 0.222. The Hall–Kier alpha value is -1.60. The zero-order valence-electron chi connectivity index (χ0n) is 8.84. The first-order valence-corrected chi connectivity index (χ1v) is 6.14. The van der Waals surface area contributed by atoms with Crippen LogP contribution in [0.5, 0.6) is 0 Å². The summed E-state index contributed by atoms with van der Waals surface area (Å²) >= 11 is 0. The van der Waals surface area contributed by atoms with Crippen molar-refractivity contribution in [3.63, 3.8) is 0 Å². The van der Waals surface area contributed by atoms with Crippen molar-refractivity contribution in [1.82, 2.24) is 0 Å². The van der Waals surface area contributed by atoms with Gasteiger partial charge in [0.05, 0.1) is 10.6 Å². The van der Waals surface area contributed by atoms with Gasteiger partial charge >= 0.3 is 0 Å². The monoisotopic (exact) mass is 242 g/mol. The second-order valence-corrected chi connectivity index (χ2v) is 4.76. The molecule has 0 bridgehead atoms. The van der Waals surface area contributed by atoms with Gasteiger partial charge in [0.2, 0.25) is 10.0 Å². The van der Waals surface area contributed by atoms with E-state index in [0.717, 1.165) is 0 Å². The minimum atomic E-state index is -3.70. The van der Waals surface area contributed by atoms with Gasteiger partial charge in [0.1, 0.15) is 0 Å². The van der Waals surface area contributed by atoms with Crippen molar-refractivity contribution in [3.05, 3.63) is 23.8 Å². The number of primary sulfonamides is 1. The maximum Gasteiger partial charge on any atom is 0.238 e. The molecule has 0 saturated carbocycles. The van der Waals surface area contributed by atoms with Crippen molar-refractivity contribution in [3.8, 4) is 0 Å². The lowest BCUT2D eigenvalue weighted by atomic mass is 10.1. The van der Waals surface area contributed by atoms with E-state index < -0.39 is 10.0 Å². The van der Waals surface area contributed by atoms with Crippen molar-refractivity contribution in [2.24, 2.45) is 21.6 Å². The Morgan fingerprint density at radius 3 is 2.44 bits per heavy atom. The zero-order valence-corrected chi connectivity index (χ0v) is 9.66. The predicted octanol–water partition coefficient (Wildman–Crippen LogP) is -0.199. The van der Waals surface area contributed by atoms with E-state index >= 15 is 0 Å². The van der Waals surface area contributed by atoms with E-state index in [-0.39, 0.29) is 10.9 Å². The highest BCUT2D eigenvalue weighted by Crippen LogP contribution is 2.21. The fourth-order valence-electron chi connectivity index (χ4n) is 1.34. The largest absolute Gasteiger partial charge is 0.370 e. The summed E-state index contributed by atoms with van der Waals surface area (Å²) in [5.41, 5.74) is 11.5. The third-order valence-electron chi connectivity index (χ3n) is 1.99. The summed E-state index contributed by atoms with van der Waals surface area (Å²) in [5, 5.41) is 5.07. The lowest BCUT2D eigenvalue weighted by molar-refractivity contribution is 0.596. The normalized spacial score (nSPS) is 11.1. The van der Waals surface area contributed by atoms with Gasteiger partial charge in [0, 0.05) is 0 Å². The number of guanidine groups is 1. The maximum atomic E-state index is 11.2. The van der Waals surface area contributed by atoms with E-state index in [1.54, 1.807) is 6.07 Å². The first kappa shape index (κ1) is 12.5. The Balaban J connectivity index is 3.34. The molecule has 1 aromatic carbocycles. The number of aryl methyl sites for hydroxylation is 1. The van der Waals surface area contributed by atoms with Gasteiger partial charge in [-0.3, -0.25) is 0 Å². The van der Waals surface area contributed by atoms with Gasteiger partial charge < -0.3 is 11.5 Å². The van der Waals surface area contributed by atoms with Crippen molar-refractivity contribution < 1.29 is 8.42 Å². The molecule has 16 heavy (non-hydrogen) atoms. The van der Waals surface area contributed by atoms with Gasteiger partial charge in [0.25, 0.3) is 0 Å². The third-order valence-corrected chi connectivity index (χ3v) is 3.00. The molecular weight excluding hydrogens is 228 g/mol. The molecule has 0 radical (unpaired) electrons. The molecule has 0 saturated heterocycles. The molecule has 7 heteroatoms. The van der Waals surface area contributed by atoms with Crippen molar-refractivity contribution in [1.29, 1.82) is 0 Å². The van der Waals surface area contributed by atoms with Crippen LogP contribution in [0, 0.1) is 0 Å². The number of hydrogen-bond donors (Lipinski definition) is 3. The lowest BCUT2D eigenvalue weighted by Crippen LogP contribution is -2.22. The van der Waals surface area contributed by atoms with Crippen LogP contribution in [-0.2, 0) is 16.4 Å². The molecule has 0 aromatic heterocycles. The fourth-order valence-corrected chi connectivity index (χ4v) is 2.16. The van der Waals surface area contributed by atoms with Crippen molar-refractivity contribution in [2.75, 3.05) is 0 Å². The molecule has 0 aliphatic rings. The van der Waals surface area contributed by atoms with Crippen LogP contribution in [0.3, 0.4) is 0 Å². The Morgan fingerprint density at radius 1 is 1.38 bits per heavy atom. The molecule has 0 heterocycles. The molecule has 88 valence electrons. The quantitative estimate of drug-likeness (QED) is 0.501. The number of nitrogens with zero attached hydrogens (tertiary/aromatic N) is 1. The Labute approximate surface area is 94.2 Å². The minimum Gasteiger partial charge on any atom is -0.370 e. The van der Waals surface area contributed by atoms with Gasteiger partial charge in [-0.05, 0) is 30.2 Å². The minimum absolute atomic E-state index is 0.0783. The van der Waals surface area contributed by atoms with Crippen LogP contribution in [0.4, 0.5) is 5.69 Å². The Kier molecular flexibility index (Phi) is 3.51. The van der Waals surface area contributed by atoms with Gasteiger partial charge in [-0.25, -0.2) is 18.5 Å². The summed E-state index contributed by atoms with van der Waals surface area (Å²) < 4.78 is 22.5. The molecule has 0 spiro atoms. The van der Waals surface area contributed by atoms with E-state index in [2.05, 4.69) is 4.99 Å². The second kappa shape index (κ2) is 4.50. The molecule has 0 aliphatic carbocycles. The molecule has 0 aliphatic heterocycles.